The average Bonchev–Trinajstić information content (AvgIpc) is 2.69. The lowest BCUT2D eigenvalue weighted by atomic mass is 9.95. The van der Waals surface area contributed by atoms with Crippen molar-refractivity contribution in [3.63, 3.8) is 0 Å². The van der Waals surface area contributed by atoms with Gasteiger partial charge in [0.15, 0.2) is 0 Å². The second-order valence-corrected chi connectivity index (χ2v) is 7.42. The van der Waals surface area contributed by atoms with Crippen molar-refractivity contribution in [3.8, 4) is 22.6 Å². The van der Waals surface area contributed by atoms with Crippen LogP contribution in [0.4, 0.5) is 0 Å². The highest BCUT2D eigenvalue weighted by Crippen LogP contribution is 2.37. The molecule has 2 aromatic carbocycles. The molecule has 4 amide bonds. The molecule has 170 valence electrons. The molecular formula is C22H26N4O6. The third-order valence-corrected chi connectivity index (χ3v) is 4.73. The molecule has 2 unspecified atom stereocenters. The molecule has 10 heteroatoms. The number of rotatable bonds is 9. The number of carbonyl (C=O) groups excluding carboxylic acids is 4. The van der Waals surface area contributed by atoms with Gasteiger partial charge in [-0.25, -0.2) is 0 Å². The minimum Gasteiger partial charge on any atom is -0.507 e. The Kier molecular flexibility index (Phi) is 7.78. The zero-order valence-electron chi connectivity index (χ0n) is 17.7. The quantitative estimate of drug-likeness (QED) is 0.313. The Morgan fingerprint density at radius 3 is 1.38 bits per heavy atom. The number of carbonyl (C=O) groups is 4. The van der Waals surface area contributed by atoms with E-state index >= 15 is 0 Å². The highest BCUT2D eigenvalue weighted by Gasteiger charge is 2.20. The molecule has 32 heavy (non-hydrogen) atoms. The summed E-state index contributed by atoms with van der Waals surface area (Å²) in [6.07, 6.45) is 0.157. The van der Waals surface area contributed by atoms with Gasteiger partial charge in [-0.2, -0.15) is 0 Å². The van der Waals surface area contributed by atoms with Crippen LogP contribution in [0.15, 0.2) is 36.4 Å². The van der Waals surface area contributed by atoms with Gasteiger partial charge in [-0.1, -0.05) is 12.1 Å². The van der Waals surface area contributed by atoms with Crippen LogP contribution >= 0.6 is 0 Å². The normalized spacial score (nSPS) is 12.4. The summed E-state index contributed by atoms with van der Waals surface area (Å²) in [7, 11) is 0. The summed E-state index contributed by atoms with van der Waals surface area (Å²) in [5.74, 6) is -2.53. The van der Waals surface area contributed by atoms with Gasteiger partial charge in [0, 0.05) is 37.8 Å². The summed E-state index contributed by atoms with van der Waals surface area (Å²) in [6, 6.07) is 7.15. The molecule has 0 heterocycles. The first-order chi connectivity index (χ1) is 15.0. The molecule has 2 atom stereocenters. The van der Waals surface area contributed by atoms with E-state index in [2.05, 4.69) is 10.6 Å². The van der Waals surface area contributed by atoms with E-state index in [0.29, 0.717) is 11.1 Å². The van der Waals surface area contributed by atoms with E-state index in [9.17, 15) is 29.4 Å². The van der Waals surface area contributed by atoms with Gasteiger partial charge in [0.2, 0.25) is 23.6 Å². The Bertz CT molecular complexity index is 969. The average molecular weight is 442 g/mol. The van der Waals surface area contributed by atoms with Gasteiger partial charge in [-0.15, -0.1) is 0 Å². The number of nitrogens with two attached hydrogens (primary N) is 2. The van der Waals surface area contributed by atoms with E-state index in [1.54, 1.807) is 24.3 Å². The van der Waals surface area contributed by atoms with Gasteiger partial charge < -0.3 is 32.3 Å². The van der Waals surface area contributed by atoms with E-state index in [-0.39, 0.29) is 35.5 Å². The van der Waals surface area contributed by atoms with E-state index in [1.165, 1.54) is 26.0 Å². The lowest BCUT2D eigenvalue weighted by Crippen LogP contribution is -2.45. The number of benzene rings is 2. The van der Waals surface area contributed by atoms with Crippen LogP contribution in [0.3, 0.4) is 0 Å². The smallest absolute Gasteiger partial charge is 0.240 e. The first kappa shape index (κ1) is 24.2. The highest BCUT2D eigenvalue weighted by molar-refractivity contribution is 5.87. The third kappa shape index (κ3) is 6.46. The zero-order chi connectivity index (χ0) is 24.0. The maximum Gasteiger partial charge on any atom is 0.240 e. The second-order valence-electron chi connectivity index (χ2n) is 7.42. The predicted octanol–water partition coefficient (Wildman–Crippen LogP) is -0.170. The number of phenolic OH excluding ortho intramolecular Hbond substituents is 2. The molecule has 10 nitrogen and oxygen atoms in total. The molecule has 0 saturated carbocycles. The minimum absolute atomic E-state index is 0.0783. The van der Waals surface area contributed by atoms with Crippen LogP contribution in [0.1, 0.15) is 25.0 Å². The molecule has 0 aliphatic rings. The zero-order valence-corrected chi connectivity index (χ0v) is 17.7. The van der Waals surface area contributed by atoms with Crippen LogP contribution in [-0.4, -0.2) is 45.9 Å². The highest BCUT2D eigenvalue weighted by atomic mass is 16.3. The summed E-state index contributed by atoms with van der Waals surface area (Å²) >= 11 is 0. The maximum absolute atomic E-state index is 11.6. The monoisotopic (exact) mass is 442 g/mol. The number of hydrogen-bond donors (Lipinski definition) is 6. The topological polar surface area (TPSA) is 185 Å². The van der Waals surface area contributed by atoms with Crippen molar-refractivity contribution in [2.75, 3.05) is 0 Å². The Balaban J connectivity index is 2.40. The van der Waals surface area contributed by atoms with Crippen LogP contribution in [0, 0.1) is 0 Å². The van der Waals surface area contributed by atoms with Gasteiger partial charge in [-0.3, -0.25) is 19.2 Å². The molecule has 0 aliphatic heterocycles. The summed E-state index contributed by atoms with van der Waals surface area (Å²) in [5, 5.41) is 25.7. The van der Waals surface area contributed by atoms with Gasteiger partial charge in [0.05, 0.1) is 0 Å². The fraction of sp³-hybridized carbons (Fsp3) is 0.273. The lowest BCUT2D eigenvalue weighted by Gasteiger charge is -2.17. The van der Waals surface area contributed by atoms with E-state index < -0.39 is 35.7 Å². The number of hydrogen-bond acceptors (Lipinski definition) is 6. The first-order valence-electron chi connectivity index (χ1n) is 9.75. The third-order valence-electron chi connectivity index (χ3n) is 4.73. The summed E-state index contributed by atoms with van der Waals surface area (Å²) in [4.78, 5) is 45.9. The van der Waals surface area contributed by atoms with E-state index in [0.717, 1.165) is 0 Å². The number of amides is 4. The van der Waals surface area contributed by atoms with Crippen molar-refractivity contribution in [3.05, 3.63) is 47.5 Å². The Morgan fingerprint density at radius 1 is 0.750 bits per heavy atom. The molecule has 0 spiro atoms. The molecule has 0 aliphatic carbocycles. The second kappa shape index (κ2) is 10.3. The molecule has 2 aromatic rings. The number of nitrogens with one attached hydrogen (secondary N) is 2. The molecular weight excluding hydrogens is 416 g/mol. The lowest BCUT2D eigenvalue weighted by molar-refractivity contribution is -0.126. The van der Waals surface area contributed by atoms with Crippen molar-refractivity contribution in [2.45, 2.75) is 38.8 Å². The van der Waals surface area contributed by atoms with Crippen molar-refractivity contribution < 1.29 is 29.4 Å². The largest absolute Gasteiger partial charge is 0.507 e. The molecule has 8 N–H and O–H groups in total. The van der Waals surface area contributed by atoms with E-state index in [4.69, 9.17) is 11.5 Å². The summed E-state index contributed by atoms with van der Waals surface area (Å²) < 4.78 is 0. The van der Waals surface area contributed by atoms with Crippen LogP contribution in [0.5, 0.6) is 11.5 Å². The molecule has 0 bridgehead atoms. The van der Waals surface area contributed by atoms with E-state index in [1.807, 2.05) is 0 Å². The number of primary amides is 2. The van der Waals surface area contributed by atoms with Crippen molar-refractivity contribution >= 4 is 23.6 Å². The molecule has 0 fully saturated rings. The van der Waals surface area contributed by atoms with Crippen LogP contribution in [0.2, 0.25) is 0 Å². The number of phenols is 2. The fourth-order valence-corrected chi connectivity index (χ4v) is 3.26. The summed E-state index contributed by atoms with van der Waals surface area (Å²) in [5.41, 5.74) is 12.4. The molecule has 0 radical (unpaired) electrons. The Morgan fingerprint density at radius 2 is 1.09 bits per heavy atom. The predicted molar refractivity (Wildman–Crippen MR) is 116 cm³/mol. The summed E-state index contributed by atoms with van der Waals surface area (Å²) in [6.45, 7) is 2.53. The standard InChI is InChI=1S/C22H26N4O6/c1-11(27)25-17(21(23)31)9-13-3-5-19(29)15(7-13)16-8-14(4-6-20(16)30)10-18(22(24)32)26-12(2)28/h3-8,17-18,29-30H,9-10H2,1-2H3,(H2,23,31)(H2,24,32)(H,25,27)(H,26,28). The Labute approximate surface area is 184 Å². The van der Waals surface area contributed by atoms with Gasteiger partial charge in [-0.05, 0) is 35.4 Å². The maximum atomic E-state index is 11.6. The van der Waals surface area contributed by atoms with Crippen molar-refractivity contribution in [1.82, 2.24) is 10.6 Å². The first-order valence-corrected chi connectivity index (χ1v) is 9.75. The SMILES string of the molecule is CC(=O)NC(Cc1ccc(O)c(-c2cc(CC(NC(C)=O)C(N)=O)ccc2O)c1)C(N)=O. The molecule has 0 aromatic heterocycles. The molecule has 0 saturated heterocycles. The van der Waals surface area contributed by atoms with Crippen LogP contribution in [0.25, 0.3) is 11.1 Å². The van der Waals surface area contributed by atoms with Gasteiger partial charge >= 0.3 is 0 Å². The van der Waals surface area contributed by atoms with Gasteiger partial charge in [0.1, 0.15) is 23.6 Å². The Hall–Kier alpha value is -4.08. The number of aromatic hydroxyl groups is 2. The van der Waals surface area contributed by atoms with Crippen molar-refractivity contribution in [2.24, 2.45) is 11.5 Å². The van der Waals surface area contributed by atoms with Crippen LogP contribution < -0.4 is 22.1 Å². The van der Waals surface area contributed by atoms with Crippen molar-refractivity contribution in [1.29, 1.82) is 0 Å². The van der Waals surface area contributed by atoms with Crippen LogP contribution in [-0.2, 0) is 32.0 Å². The fourth-order valence-electron chi connectivity index (χ4n) is 3.26. The minimum atomic E-state index is -0.946. The van der Waals surface area contributed by atoms with Gasteiger partial charge in [0.25, 0.3) is 0 Å². The molecule has 2 rings (SSSR count).